The molecule has 0 aliphatic rings. The fourth-order valence-corrected chi connectivity index (χ4v) is 1.88. The number of carbonyl (C=O) groups excluding carboxylic acids is 1. The number of hydrogen-bond acceptors (Lipinski definition) is 3. The van der Waals surface area contributed by atoms with Crippen LogP contribution in [0.3, 0.4) is 0 Å². The number of rotatable bonds is 3. The lowest BCUT2D eigenvalue weighted by Crippen LogP contribution is -2.18. The summed E-state index contributed by atoms with van der Waals surface area (Å²) in [6.45, 7) is 7.43. The summed E-state index contributed by atoms with van der Waals surface area (Å²) in [4.78, 5) is 15.6. The molecule has 1 aromatic heterocycles. The molecule has 0 amide bonds. The number of carbonyl (C=O) groups is 1. The van der Waals surface area contributed by atoms with Gasteiger partial charge in [0.05, 0.1) is 17.9 Å². The summed E-state index contributed by atoms with van der Waals surface area (Å²) < 4.78 is 31.7. The number of aromatic nitrogens is 1. The zero-order valence-corrected chi connectivity index (χ0v) is 11.2. The number of hydrogen-bond donors (Lipinski definition) is 0. The van der Waals surface area contributed by atoms with E-state index < -0.39 is 11.9 Å². The van der Waals surface area contributed by atoms with Crippen molar-refractivity contribution in [3.63, 3.8) is 0 Å². The Morgan fingerprint density at radius 1 is 1.28 bits per heavy atom. The molecule has 0 unspecified atom stereocenters. The predicted octanol–water partition coefficient (Wildman–Crippen LogP) is 3.30. The van der Waals surface area contributed by atoms with Crippen LogP contribution < -0.4 is 0 Å². The van der Waals surface area contributed by atoms with Crippen molar-refractivity contribution in [2.24, 2.45) is 0 Å². The SMILES string of the molecule is CCOC(=O)c1c(C)nc(C(C)(F)F)c(C)c1C. The molecule has 3 nitrogen and oxygen atoms in total. The highest BCUT2D eigenvalue weighted by Crippen LogP contribution is 2.31. The Labute approximate surface area is 105 Å². The van der Waals surface area contributed by atoms with E-state index in [1.165, 1.54) is 13.8 Å². The first-order chi connectivity index (χ1) is 8.20. The van der Waals surface area contributed by atoms with E-state index in [4.69, 9.17) is 4.74 Å². The standard InChI is InChI=1S/C13H17F2NO2/c1-6-18-12(17)10-7(2)8(3)11(13(5,14)15)16-9(10)4/h6H2,1-5H3. The van der Waals surface area contributed by atoms with Gasteiger partial charge in [-0.3, -0.25) is 4.98 Å². The number of nitrogens with zero attached hydrogens (tertiary/aromatic N) is 1. The molecular formula is C13H17F2NO2. The van der Waals surface area contributed by atoms with Crippen LogP contribution >= 0.6 is 0 Å². The Morgan fingerprint density at radius 3 is 2.28 bits per heavy atom. The van der Waals surface area contributed by atoms with Crippen molar-refractivity contribution < 1.29 is 18.3 Å². The van der Waals surface area contributed by atoms with Crippen LogP contribution in [0.1, 0.15) is 46.7 Å². The van der Waals surface area contributed by atoms with Gasteiger partial charge in [-0.15, -0.1) is 0 Å². The Balaban J connectivity index is 3.43. The van der Waals surface area contributed by atoms with Crippen molar-refractivity contribution in [3.8, 4) is 0 Å². The first-order valence-electron chi connectivity index (χ1n) is 5.73. The van der Waals surface area contributed by atoms with E-state index in [2.05, 4.69) is 4.98 Å². The molecule has 0 bridgehead atoms. The second-order valence-corrected chi connectivity index (χ2v) is 4.28. The van der Waals surface area contributed by atoms with Gasteiger partial charge in [0.15, 0.2) is 0 Å². The van der Waals surface area contributed by atoms with Crippen molar-refractivity contribution >= 4 is 5.97 Å². The van der Waals surface area contributed by atoms with Crippen LogP contribution in [-0.4, -0.2) is 17.6 Å². The summed E-state index contributed by atoms with van der Waals surface area (Å²) in [5, 5.41) is 0. The molecule has 0 radical (unpaired) electrons. The van der Waals surface area contributed by atoms with E-state index in [-0.39, 0.29) is 23.6 Å². The summed E-state index contributed by atoms with van der Waals surface area (Å²) >= 11 is 0. The first-order valence-corrected chi connectivity index (χ1v) is 5.73. The predicted molar refractivity (Wildman–Crippen MR) is 64.0 cm³/mol. The maximum Gasteiger partial charge on any atom is 0.340 e. The Bertz CT molecular complexity index is 479. The molecule has 5 heteroatoms. The molecule has 0 saturated carbocycles. The molecule has 0 atom stereocenters. The molecule has 0 N–H and O–H groups in total. The average Bonchev–Trinajstić information content (AvgIpc) is 2.22. The molecule has 0 aromatic carbocycles. The quantitative estimate of drug-likeness (QED) is 0.780. The summed E-state index contributed by atoms with van der Waals surface area (Å²) in [6.07, 6.45) is 0. The lowest BCUT2D eigenvalue weighted by atomic mass is 9.98. The highest BCUT2D eigenvalue weighted by molar-refractivity contribution is 5.92. The fraction of sp³-hybridized carbons (Fsp3) is 0.538. The zero-order valence-electron chi connectivity index (χ0n) is 11.2. The number of aryl methyl sites for hydroxylation is 1. The van der Waals surface area contributed by atoms with Gasteiger partial charge in [-0.25, -0.2) is 4.79 Å². The maximum absolute atomic E-state index is 13.4. The molecule has 0 saturated heterocycles. The number of ether oxygens (including phenoxy) is 1. The average molecular weight is 257 g/mol. The van der Waals surface area contributed by atoms with Gasteiger partial charge in [-0.1, -0.05) is 0 Å². The largest absolute Gasteiger partial charge is 0.462 e. The van der Waals surface area contributed by atoms with Crippen LogP contribution in [0.15, 0.2) is 0 Å². The number of esters is 1. The Hall–Kier alpha value is -1.52. The molecule has 1 rings (SSSR count). The number of halogens is 2. The van der Waals surface area contributed by atoms with Crippen LogP contribution in [0.5, 0.6) is 0 Å². The number of alkyl halides is 2. The fourth-order valence-electron chi connectivity index (χ4n) is 1.88. The normalized spacial score (nSPS) is 11.5. The van der Waals surface area contributed by atoms with Gasteiger partial charge in [0, 0.05) is 6.92 Å². The second-order valence-electron chi connectivity index (χ2n) is 4.28. The Morgan fingerprint density at radius 2 is 1.83 bits per heavy atom. The molecule has 0 aliphatic heterocycles. The summed E-state index contributed by atoms with van der Waals surface area (Å²) in [6, 6.07) is 0. The molecule has 0 fully saturated rings. The van der Waals surface area contributed by atoms with Gasteiger partial charge < -0.3 is 4.74 Å². The van der Waals surface area contributed by atoms with Gasteiger partial charge in [0.1, 0.15) is 5.69 Å². The van der Waals surface area contributed by atoms with Crippen LogP contribution in [0.2, 0.25) is 0 Å². The van der Waals surface area contributed by atoms with Crippen molar-refractivity contribution in [3.05, 3.63) is 28.1 Å². The van der Waals surface area contributed by atoms with E-state index in [1.54, 1.807) is 13.8 Å². The monoisotopic (exact) mass is 257 g/mol. The minimum Gasteiger partial charge on any atom is -0.462 e. The second kappa shape index (κ2) is 5.00. The smallest absolute Gasteiger partial charge is 0.340 e. The van der Waals surface area contributed by atoms with Gasteiger partial charge in [0.2, 0.25) is 0 Å². The van der Waals surface area contributed by atoms with Crippen molar-refractivity contribution in [1.82, 2.24) is 4.98 Å². The Kier molecular flexibility index (Phi) is 4.04. The van der Waals surface area contributed by atoms with Crippen LogP contribution in [0.4, 0.5) is 8.78 Å². The van der Waals surface area contributed by atoms with E-state index in [0.717, 1.165) is 6.92 Å². The van der Waals surface area contributed by atoms with Crippen LogP contribution in [0.25, 0.3) is 0 Å². The minimum atomic E-state index is -3.02. The van der Waals surface area contributed by atoms with Crippen molar-refractivity contribution in [2.75, 3.05) is 6.61 Å². The highest BCUT2D eigenvalue weighted by Gasteiger charge is 2.31. The molecule has 0 aliphatic carbocycles. The summed E-state index contributed by atoms with van der Waals surface area (Å²) in [7, 11) is 0. The summed E-state index contributed by atoms with van der Waals surface area (Å²) in [5.74, 6) is -3.54. The highest BCUT2D eigenvalue weighted by atomic mass is 19.3. The minimum absolute atomic E-state index is 0.239. The topological polar surface area (TPSA) is 39.2 Å². The third kappa shape index (κ3) is 2.66. The molecule has 0 spiro atoms. The zero-order chi connectivity index (χ0) is 14.1. The van der Waals surface area contributed by atoms with Gasteiger partial charge >= 0.3 is 5.97 Å². The lowest BCUT2D eigenvalue weighted by Gasteiger charge is -2.18. The summed E-state index contributed by atoms with van der Waals surface area (Å²) in [5.41, 5.74) is 1.09. The third-order valence-corrected chi connectivity index (χ3v) is 2.83. The third-order valence-electron chi connectivity index (χ3n) is 2.83. The van der Waals surface area contributed by atoms with Gasteiger partial charge in [-0.2, -0.15) is 8.78 Å². The van der Waals surface area contributed by atoms with E-state index in [9.17, 15) is 13.6 Å². The van der Waals surface area contributed by atoms with E-state index in [1.807, 2.05) is 0 Å². The van der Waals surface area contributed by atoms with Crippen LogP contribution in [-0.2, 0) is 10.7 Å². The lowest BCUT2D eigenvalue weighted by molar-refractivity contribution is 0.0116. The molecule has 1 aromatic rings. The van der Waals surface area contributed by atoms with E-state index in [0.29, 0.717) is 11.1 Å². The first kappa shape index (κ1) is 14.5. The molecule has 18 heavy (non-hydrogen) atoms. The van der Waals surface area contributed by atoms with Gasteiger partial charge in [0.25, 0.3) is 5.92 Å². The molecule has 100 valence electrons. The van der Waals surface area contributed by atoms with Crippen molar-refractivity contribution in [2.45, 2.75) is 40.5 Å². The van der Waals surface area contributed by atoms with Gasteiger partial charge in [-0.05, 0) is 38.8 Å². The molecule has 1 heterocycles. The molecular weight excluding hydrogens is 240 g/mol. The van der Waals surface area contributed by atoms with Crippen molar-refractivity contribution in [1.29, 1.82) is 0 Å². The number of pyridine rings is 1. The van der Waals surface area contributed by atoms with E-state index >= 15 is 0 Å². The maximum atomic E-state index is 13.4. The van der Waals surface area contributed by atoms with Crippen LogP contribution in [0, 0.1) is 20.8 Å².